The van der Waals surface area contributed by atoms with Crippen LogP contribution in [0.3, 0.4) is 0 Å². The second kappa shape index (κ2) is 10.4. The van der Waals surface area contributed by atoms with Crippen LogP contribution in [0.4, 0.5) is 19.0 Å². The largest absolute Gasteiger partial charge is 0.375 e. The molecule has 3 heterocycles. The van der Waals surface area contributed by atoms with Crippen LogP contribution in [0.5, 0.6) is 0 Å². The van der Waals surface area contributed by atoms with Crippen molar-refractivity contribution in [3.05, 3.63) is 63.0 Å². The number of nitrogens with one attached hydrogen (secondary N) is 2. The zero-order chi connectivity index (χ0) is 25.1. The Hall–Kier alpha value is -3.47. The minimum atomic E-state index is -2.92. The molecule has 2 aromatic heterocycles. The number of halogens is 3. The number of hydrogen-bond acceptors (Lipinski definition) is 6. The van der Waals surface area contributed by atoms with Crippen molar-refractivity contribution in [3.63, 3.8) is 0 Å². The number of benzene rings is 1. The number of ether oxygens (including phenoxy) is 1. The van der Waals surface area contributed by atoms with Crippen LogP contribution in [-0.4, -0.2) is 52.6 Å². The van der Waals surface area contributed by atoms with E-state index in [0.29, 0.717) is 54.2 Å². The molecule has 0 unspecified atom stereocenters. The maximum Gasteiger partial charge on any atom is 0.266 e. The highest BCUT2D eigenvalue weighted by atomic mass is 19.3. The number of methoxy groups -OCH3 is 1. The van der Waals surface area contributed by atoms with E-state index in [2.05, 4.69) is 20.3 Å². The molecule has 1 saturated heterocycles. The number of anilines is 1. The lowest BCUT2D eigenvalue weighted by Gasteiger charge is -2.31. The topological polar surface area (TPSA) is 100 Å². The Morgan fingerprint density at radius 2 is 2.03 bits per heavy atom. The Morgan fingerprint density at radius 1 is 1.29 bits per heavy atom. The van der Waals surface area contributed by atoms with E-state index in [1.165, 1.54) is 19.2 Å². The van der Waals surface area contributed by atoms with Crippen molar-refractivity contribution in [2.24, 2.45) is 0 Å². The van der Waals surface area contributed by atoms with Gasteiger partial charge in [0.05, 0.1) is 10.9 Å². The van der Waals surface area contributed by atoms with E-state index in [1.807, 2.05) is 0 Å². The monoisotopic (exact) mass is 489 g/mol. The molecular formula is C24H26F3N5O3. The fraction of sp³-hybridized carbons (Fsp3) is 0.417. The molecule has 0 atom stereocenters. The summed E-state index contributed by atoms with van der Waals surface area (Å²) in [5, 5.41) is 3.55. The van der Waals surface area contributed by atoms with Crippen LogP contribution in [0.1, 0.15) is 47.7 Å². The lowest BCUT2D eigenvalue weighted by Crippen LogP contribution is -2.40. The second-order valence-electron chi connectivity index (χ2n) is 8.50. The van der Waals surface area contributed by atoms with Gasteiger partial charge < -0.3 is 19.9 Å². The number of aromatic amines is 1. The van der Waals surface area contributed by atoms with Crippen molar-refractivity contribution in [1.29, 1.82) is 0 Å². The summed E-state index contributed by atoms with van der Waals surface area (Å²) in [5.41, 5.74) is 0.0276. The summed E-state index contributed by atoms with van der Waals surface area (Å²) < 4.78 is 45.5. The molecular weight excluding hydrogens is 463 g/mol. The lowest BCUT2D eigenvalue weighted by atomic mass is 9.89. The van der Waals surface area contributed by atoms with E-state index < -0.39 is 17.8 Å². The summed E-state index contributed by atoms with van der Waals surface area (Å²) in [6.45, 7) is 2.63. The first-order chi connectivity index (χ1) is 16.8. The Kier molecular flexibility index (Phi) is 7.34. The lowest BCUT2D eigenvalue weighted by molar-refractivity contribution is -0.136. The molecule has 0 aliphatic carbocycles. The summed E-state index contributed by atoms with van der Waals surface area (Å²) >= 11 is 0. The molecule has 1 fully saturated rings. The fourth-order valence-corrected chi connectivity index (χ4v) is 4.39. The van der Waals surface area contributed by atoms with Gasteiger partial charge in [0.1, 0.15) is 29.7 Å². The van der Waals surface area contributed by atoms with Gasteiger partial charge in [-0.05, 0) is 31.7 Å². The van der Waals surface area contributed by atoms with E-state index in [-0.39, 0.29) is 36.1 Å². The second-order valence-corrected chi connectivity index (χ2v) is 8.50. The van der Waals surface area contributed by atoms with Gasteiger partial charge in [-0.25, -0.2) is 23.1 Å². The Balaban J connectivity index is 1.60. The number of rotatable bonds is 7. The fourth-order valence-electron chi connectivity index (χ4n) is 4.39. The number of nitrogens with zero attached hydrogens (tertiary/aromatic N) is 3. The number of likely N-dealkylation sites (tertiary alicyclic amines) is 1. The molecule has 3 aromatic rings. The van der Waals surface area contributed by atoms with Gasteiger partial charge >= 0.3 is 0 Å². The summed E-state index contributed by atoms with van der Waals surface area (Å²) in [4.78, 5) is 38.1. The van der Waals surface area contributed by atoms with Crippen LogP contribution in [0.2, 0.25) is 0 Å². The minimum Gasteiger partial charge on any atom is -0.375 e. The molecule has 1 aliphatic heterocycles. The quantitative estimate of drug-likeness (QED) is 0.525. The van der Waals surface area contributed by atoms with Gasteiger partial charge in [-0.2, -0.15) is 0 Å². The minimum absolute atomic E-state index is 0.0216. The number of carbonyl (C=O) groups is 1. The third kappa shape index (κ3) is 5.29. The first kappa shape index (κ1) is 24.6. The van der Waals surface area contributed by atoms with Crippen molar-refractivity contribution in [3.8, 4) is 0 Å². The predicted octanol–water partition coefficient (Wildman–Crippen LogP) is 3.67. The number of pyridine rings is 1. The Labute approximate surface area is 199 Å². The number of fused-ring (bicyclic) bond motifs is 1. The molecule has 2 N–H and O–H groups in total. The van der Waals surface area contributed by atoms with E-state index in [0.717, 1.165) is 6.07 Å². The molecule has 8 nitrogen and oxygen atoms in total. The van der Waals surface area contributed by atoms with E-state index in [4.69, 9.17) is 4.74 Å². The average molecular weight is 489 g/mol. The average Bonchev–Trinajstić information content (AvgIpc) is 2.83. The SMILES string of the molecule is COCC(=O)N1CCC(c2cc3c(NCc4cccc(C(F)F)c4F)nc(C)nc3[nH]c2=O)CC1. The van der Waals surface area contributed by atoms with E-state index >= 15 is 0 Å². The Bertz CT molecular complexity index is 1290. The standard InChI is InChI=1S/C24H26F3N5O3/c1-13-29-22(28-11-15-4-3-5-16(20(15)25)21(26)27)18-10-17(24(34)31-23(18)30-13)14-6-8-32(9-7-14)19(33)12-35-2/h3-5,10,14,21H,6-9,11-12H2,1-2H3,(H2,28,29,30,31,34). The molecule has 1 aliphatic rings. The maximum absolute atomic E-state index is 14.5. The molecule has 0 spiro atoms. The number of carbonyl (C=O) groups excluding carboxylic acids is 1. The summed E-state index contributed by atoms with van der Waals surface area (Å²) in [6.07, 6.45) is -1.68. The van der Waals surface area contributed by atoms with Crippen molar-refractivity contribution in [2.75, 3.05) is 32.1 Å². The van der Waals surface area contributed by atoms with Crippen LogP contribution in [0.25, 0.3) is 11.0 Å². The van der Waals surface area contributed by atoms with Crippen molar-refractivity contribution >= 4 is 22.8 Å². The maximum atomic E-state index is 14.5. The van der Waals surface area contributed by atoms with E-state index in [1.54, 1.807) is 17.9 Å². The number of aromatic nitrogens is 3. The van der Waals surface area contributed by atoms with Crippen LogP contribution < -0.4 is 10.9 Å². The van der Waals surface area contributed by atoms with Crippen molar-refractivity contribution in [2.45, 2.75) is 38.7 Å². The van der Waals surface area contributed by atoms with Crippen LogP contribution >= 0.6 is 0 Å². The smallest absolute Gasteiger partial charge is 0.266 e. The van der Waals surface area contributed by atoms with Gasteiger partial charge in [-0.15, -0.1) is 0 Å². The zero-order valence-electron chi connectivity index (χ0n) is 19.4. The molecule has 4 rings (SSSR count). The summed E-state index contributed by atoms with van der Waals surface area (Å²) in [7, 11) is 1.47. The number of H-pyrrole nitrogens is 1. The number of piperidine rings is 1. The van der Waals surface area contributed by atoms with Crippen LogP contribution in [0.15, 0.2) is 29.1 Å². The van der Waals surface area contributed by atoms with Gasteiger partial charge in [0.2, 0.25) is 5.91 Å². The first-order valence-electron chi connectivity index (χ1n) is 11.3. The van der Waals surface area contributed by atoms with Gasteiger partial charge in [-0.3, -0.25) is 9.59 Å². The molecule has 0 saturated carbocycles. The molecule has 1 aromatic carbocycles. The molecule has 186 valence electrons. The third-order valence-corrected chi connectivity index (χ3v) is 6.20. The highest BCUT2D eigenvalue weighted by Crippen LogP contribution is 2.29. The number of amides is 1. The van der Waals surface area contributed by atoms with Crippen molar-refractivity contribution in [1.82, 2.24) is 19.9 Å². The van der Waals surface area contributed by atoms with Gasteiger partial charge in [0.25, 0.3) is 12.0 Å². The van der Waals surface area contributed by atoms with Gasteiger partial charge in [-0.1, -0.05) is 18.2 Å². The van der Waals surface area contributed by atoms with Crippen molar-refractivity contribution < 1.29 is 22.7 Å². The van der Waals surface area contributed by atoms with Crippen LogP contribution in [-0.2, 0) is 16.1 Å². The molecule has 11 heteroatoms. The third-order valence-electron chi connectivity index (χ3n) is 6.20. The van der Waals surface area contributed by atoms with Gasteiger partial charge in [0, 0.05) is 37.9 Å². The number of hydrogen-bond donors (Lipinski definition) is 2. The normalized spacial score (nSPS) is 14.6. The molecule has 1 amide bonds. The molecule has 0 radical (unpaired) electrons. The molecule has 0 bridgehead atoms. The zero-order valence-corrected chi connectivity index (χ0v) is 19.4. The first-order valence-corrected chi connectivity index (χ1v) is 11.3. The van der Waals surface area contributed by atoms with Gasteiger partial charge in [0.15, 0.2) is 0 Å². The molecule has 35 heavy (non-hydrogen) atoms. The highest BCUT2D eigenvalue weighted by molar-refractivity contribution is 5.87. The van der Waals surface area contributed by atoms with E-state index in [9.17, 15) is 22.8 Å². The summed E-state index contributed by atoms with van der Waals surface area (Å²) in [6, 6.07) is 5.58. The predicted molar refractivity (Wildman–Crippen MR) is 124 cm³/mol. The highest BCUT2D eigenvalue weighted by Gasteiger charge is 2.26. The Morgan fingerprint density at radius 3 is 2.71 bits per heavy atom. The number of aryl methyl sites for hydroxylation is 1. The number of alkyl halides is 2. The summed E-state index contributed by atoms with van der Waals surface area (Å²) in [5.74, 6) is -0.371. The van der Waals surface area contributed by atoms with Crippen LogP contribution in [0, 0.1) is 12.7 Å².